The molecule has 3 atom stereocenters. The van der Waals surface area contributed by atoms with Gasteiger partial charge in [0.25, 0.3) is 0 Å². The molecule has 22 heavy (non-hydrogen) atoms. The number of nitrogens with one attached hydrogen (secondary N) is 1. The number of aryl methyl sites for hydroxylation is 1. The summed E-state index contributed by atoms with van der Waals surface area (Å²) in [5.74, 6) is 0.662. The van der Waals surface area contributed by atoms with Gasteiger partial charge in [0, 0.05) is 22.6 Å². The summed E-state index contributed by atoms with van der Waals surface area (Å²) in [6.45, 7) is 14.5. The summed E-state index contributed by atoms with van der Waals surface area (Å²) in [5.41, 5.74) is 6.87. The van der Waals surface area contributed by atoms with Crippen LogP contribution in [-0.4, -0.2) is 6.04 Å². The molecule has 118 valence electrons. The van der Waals surface area contributed by atoms with Gasteiger partial charge in [0.15, 0.2) is 0 Å². The maximum atomic E-state index is 3.97. The first-order valence-electron chi connectivity index (χ1n) is 8.78. The second-order valence-electron chi connectivity index (χ2n) is 9.25. The lowest BCUT2D eigenvalue weighted by molar-refractivity contribution is 0.126. The van der Waals surface area contributed by atoms with Crippen molar-refractivity contribution in [3.63, 3.8) is 0 Å². The molecule has 0 spiro atoms. The number of para-hydroxylation sites is 1. The Bertz CT molecular complexity index is 679. The van der Waals surface area contributed by atoms with Crippen LogP contribution in [-0.2, 0) is 0 Å². The zero-order valence-corrected chi connectivity index (χ0v) is 14.9. The van der Waals surface area contributed by atoms with Crippen LogP contribution in [0.2, 0.25) is 0 Å². The van der Waals surface area contributed by atoms with Crippen LogP contribution >= 0.6 is 0 Å². The van der Waals surface area contributed by atoms with E-state index in [1.807, 2.05) is 0 Å². The molecule has 1 N–H and O–H groups in total. The minimum absolute atomic E-state index is 0.212. The average molecular weight is 295 g/mol. The Balaban J connectivity index is 1.98. The van der Waals surface area contributed by atoms with Gasteiger partial charge in [0.05, 0.1) is 0 Å². The van der Waals surface area contributed by atoms with E-state index < -0.39 is 0 Å². The fourth-order valence-corrected chi connectivity index (χ4v) is 5.93. The van der Waals surface area contributed by atoms with Crippen LogP contribution in [0, 0.1) is 23.2 Å². The van der Waals surface area contributed by atoms with Gasteiger partial charge in [-0.2, -0.15) is 0 Å². The molecule has 2 aliphatic carbocycles. The molecular formula is C21H29N. The molecule has 0 radical (unpaired) electrons. The molecule has 0 saturated heterocycles. The van der Waals surface area contributed by atoms with E-state index in [0.717, 1.165) is 0 Å². The lowest BCUT2D eigenvalue weighted by Gasteiger charge is -2.56. The van der Waals surface area contributed by atoms with Crippen molar-refractivity contribution in [2.45, 2.75) is 66.3 Å². The van der Waals surface area contributed by atoms with E-state index in [1.54, 1.807) is 11.1 Å². The van der Waals surface area contributed by atoms with Gasteiger partial charge in [0.1, 0.15) is 0 Å². The largest absolute Gasteiger partial charge is 0.380 e. The van der Waals surface area contributed by atoms with Crippen molar-refractivity contribution in [2.24, 2.45) is 16.2 Å². The van der Waals surface area contributed by atoms with E-state index in [-0.39, 0.29) is 10.8 Å². The molecular weight excluding hydrogens is 266 g/mol. The molecule has 1 aromatic rings. The van der Waals surface area contributed by atoms with Crippen molar-refractivity contribution in [3.05, 3.63) is 41.0 Å². The lowest BCUT2D eigenvalue weighted by Crippen LogP contribution is -2.53. The molecule has 3 aliphatic rings. The summed E-state index contributed by atoms with van der Waals surface area (Å²) >= 11 is 0. The number of fused-ring (bicyclic) bond motifs is 2. The summed E-state index contributed by atoms with van der Waals surface area (Å²) in [5, 5.41) is 3.97. The second kappa shape index (κ2) is 3.99. The van der Waals surface area contributed by atoms with E-state index in [4.69, 9.17) is 0 Å². The van der Waals surface area contributed by atoms with Gasteiger partial charge in [-0.1, -0.05) is 64.5 Å². The highest BCUT2D eigenvalue weighted by Gasteiger charge is 2.61. The third-order valence-corrected chi connectivity index (χ3v) is 6.92. The minimum atomic E-state index is 0.212. The van der Waals surface area contributed by atoms with Gasteiger partial charge in [-0.3, -0.25) is 0 Å². The molecule has 1 heterocycles. The zero-order chi connectivity index (χ0) is 15.9. The monoisotopic (exact) mass is 295 g/mol. The Morgan fingerprint density at radius 3 is 2.55 bits per heavy atom. The maximum absolute atomic E-state index is 3.97. The smallest absolute Gasteiger partial charge is 0.0443 e. The topological polar surface area (TPSA) is 12.0 Å². The minimum Gasteiger partial charge on any atom is -0.380 e. The first-order chi connectivity index (χ1) is 10.2. The van der Waals surface area contributed by atoms with Crippen molar-refractivity contribution in [3.8, 4) is 0 Å². The number of hydrogen-bond acceptors (Lipinski definition) is 1. The highest BCUT2D eigenvalue weighted by molar-refractivity contribution is 5.65. The number of hydrogen-bond donors (Lipinski definition) is 1. The maximum Gasteiger partial charge on any atom is 0.0443 e. The molecule has 0 aromatic heterocycles. The predicted octanol–water partition coefficient (Wildman–Crippen LogP) is 5.67. The van der Waals surface area contributed by atoms with Gasteiger partial charge in [-0.15, -0.1) is 0 Å². The number of benzene rings is 1. The molecule has 1 nitrogen and oxygen atoms in total. The van der Waals surface area contributed by atoms with E-state index >= 15 is 0 Å². The summed E-state index contributed by atoms with van der Waals surface area (Å²) in [4.78, 5) is 0. The van der Waals surface area contributed by atoms with Gasteiger partial charge in [-0.25, -0.2) is 0 Å². The quantitative estimate of drug-likeness (QED) is 0.608. The predicted molar refractivity (Wildman–Crippen MR) is 94.3 cm³/mol. The van der Waals surface area contributed by atoms with Gasteiger partial charge < -0.3 is 5.32 Å². The van der Waals surface area contributed by atoms with Crippen LogP contribution in [0.15, 0.2) is 29.8 Å². The van der Waals surface area contributed by atoms with Gasteiger partial charge >= 0.3 is 0 Å². The molecule has 0 unspecified atom stereocenters. The molecule has 1 aliphatic heterocycles. The molecule has 0 bridgehead atoms. The van der Waals surface area contributed by atoms with Crippen molar-refractivity contribution < 1.29 is 0 Å². The molecule has 1 aromatic carbocycles. The van der Waals surface area contributed by atoms with E-state index in [9.17, 15) is 0 Å². The van der Waals surface area contributed by atoms with Crippen LogP contribution < -0.4 is 5.32 Å². The van der Waals surface area contributed by atoms with Crippen molar-refractivity contribution >= 4 is 5.69 Å². The van der Waals surface area contributed by atoms with Crippen molar-refractivity contribution in [1.82, 2.24) is 0 Å². The van der Waals surface area contributed by atoms with Gasteiger partial charge in [0.2, 0.25) is 0 Å². The molecule has 4 rings (SSSR count). The van der Waals surface area contributed by atoms with Crippen LogP contribution in [0.5, 0.6) is 0 Å². The Kier molecular flexibility index (Phi) is 2.60. The molecule has 1 saturated carbocycles. The SMILES string of the molecule is Cc1cccc2c1N[C@H]1C(C)(C)C=C3C(C)(C)CC[C@H]2[C@@]31C. The van der Waals surface area contributed by atoms with E-state index in [0.29, 0.717) is 17.4 Å². The Morgan fingerprint density at radius 1 is 1.09 bits per heavy atom. The summed E-state index contributed by atoms with van der Waals surface area (Å²) in [6.07, 6.45) is 5.22. The molecule has 1 heteroatoms. The molecule has 1 fully saturated rings. The fourth-order valence-electron chi connectivity index (χ4n) is 5.93. The van der Waals surface area contributed by atoms with Crippen LogP contribution in [0.4, 0.5) is 5.69 Å². The lowest BCUT2D eigenvalue weighted by atomic mass is 9.52. The Hall–Kier alpha value is -1.24. The summed E-state index contributed by atoms with van der Waals surface area (Å²) in [7, 11) is 0. The summed E-state index contributed by atoms with van der Waals surface area (Å²) < 4.78 is 0. The second-order valence-corrected chi connectivity index (χ2v) is 9.25. The standard InChI is InChI=1S/C21H29N/c1-13-8-7-9-14-15-10-11-19(2,3)16-12-20(4,5)18(21(15,16)6)22-17(13)14/h7-9,12,15,18,22H,10-11H2,1-6H3/t15-,18+,21+/m1/s1. The summed E-state index contributed by atoms with van der Waals surface area (Å²) in [6, 6.07) is 7.36. The molecule has 0 amide bonds. The first kappa shape index (κ1) is 14.4. The average Bonchev–Trinajstić information content (AvgIpc) is 2.63. The number of anilines is 1. The highest BCUT2D eigenvalue weighted by Crippen LogP contribution is 2.68. The van der Waals surface area contributed by atoms with E-state index in [1.165, 1.54) is 24.1 Å². The fraction of sp³-hybridized carbons (Fsp3) is 0.619. The Labute approximate surface area is 135 Å². The Morgan fingerprint density at radius 2 is 1.82 bits per heavy atom. The van der Waals surface area contributed by atoms with Gasteiger partial charge in [-0.05, 0) is 42.2 Å². The van der Waals surface area contributed by atoms with Crippen molar-refractivity contribution in [1.29, 1.82) is 0 Å². The van der Waals surface area contributed by atoms with E-state index in [2.05, 4.69) is 71.1 Å². The van der Waals surface area contributed by atoms with Crippen LogP contribution in [0.3, 0.4) is 0 Å². The highest BCUT2D eigenvalue weighted by atomic mass is 15.0. The normalized spacial score (nSPS) is 36.9. The van der Waals surface area contributed by atoms with Crippen LogP contribution in [0.1, 0.15) is 64.5 Å². The third-order valence-electron chi connectivity index (χ3n) is 6.92. The zero-order valence-electron chi connectivity index (χ0n) is 14.9. The first-order valence-corrected chi connectivity index (χ1v) is 8.78. The van der Waals surface area contributed by atoms with Crippen molar-refractivity contribution in [2.75, 3.05) is 5.32 Å². The number of rotatable bonds is 0. The van der Waals surface area contributed by atoms with Crippen LogP contribution in [0.25, 0.3) is 0 Å². The third kappa shape index (κ3) is 1.55.